The lowest BCUT2D eigenvalue weighted by Gasteiger charge is -2.09. The van der Waals surface area contributed by atoms with Gasteiger partial charge >= 0.3 is 0 Å². The molecule has 1 aromatic carbocycles. The van der Waals surface area contributed by atoms with Crippen molar-refractivity contribution in [1.82, 2.24) is 0 Å². The fourth-order valence-electron chi connectivity index (χ4n) is 1.25. The highest BCUT2D eigenvalue weighted by atomic mass is 19.1. The zero-order valence-corrected chi connectivity index (χ0v) is 8.01. The molecule has 0 unspecified atom stereocenters. The lowest BCUT2D eigenvalue weighted by molar-refractivity contribution is -0.114. The van der Waals surface area contributed by atoms with Crippen LogP contribution in [0.2, 0.25) is 0 Å². The van der Waals surface area contributed by atoms with Gasteiger partial charge in [0.15, 0.2) is 0 Å². The van der Waals surface area contributed by atoms with Gasteiger partial charge in [-0.2, -0.15) is 0 Å². The van der Waals surface area contributed by atoms with Crippen LogP contribution in [-0.4, -0.2) is 12.5 Å². The second kappa shape index (κ2) is 4.72. The van der Waals surface area contributed by atoms with Crippen LogP contribution in [0.4, 0.5) is 10.1 Å². The molecule has 1 rings (SSSR count). The van der Waals surface area contributed by atoms with Gasteiger partial charge < -0.3 is 11.1 Å². The molecule has 1 amide bonds. The summed E-state index contributed by atoms with van der Waals surface area (Å²) in [5.41, 5.74) is 6.34. The summed E-state index contributed by atoms with van der Waals surface area (Å²) in [7, 11) is 0. The van der Waals surface area contributed by atoms with E-state index in [1.165, 1.54) is 13.0 Å². The van der Waals surface area contributed by atoms with Crippen LogP contribution < -0.4 is 11.1 Å². The van der Waals surface area contributed by atoms with Gasteiger partial charge in [0, 0.05) is 6.92 Å². The molecular formula is C10H13FN2O. The van der Waals surface area contributed by atoms with Crippen LogP contribution in [0.5, 0.6) is 0 Å². The molecule has 0 spiro atoms. The molecule has 0 aliphatic heterocycles. The Kier molecular flexibility index (Phi) is 3.59. The largest absolute Gasteiger partial charge is 0.330 e. The fourth-order valence-corrected chi connectivity index (χ4v) is 1.25. The number of amides is 1. The average Bonchev–Trinajstić information content (AvgIpc) is 2.11. The maximum Gasteiger partial charge on any atom is 0.221 e. The molecule has 4 heteroatoms. The average molecular weight is 196 g/mol. The first kappa shape index (κ1) is 10.7. The van der Waals surface area contributed by atoms with Gasteiger partial charge in [0.1, 0.15) is 5.82 Å². The number of para-hydroxylation sites is 1. The minimum absolute atomic E-state index is 0.241. The molecule has 0 aliphatic carbocycles. The number of carbonyl (C=O) groups excluding carboxylic acids is 1. The molecular weight excluding hydrogens is 183 g/mol. The highest BCUT2D eigenvalue weighted by molar-refractivity contribution is 5.89. The number of hydrogen-bond acceptors (Lipinski definition) is 2. The van der Waals surface area contributed by atoms with Crippen molar-refractivity contribution >= 4 is 11.6 Å². The smallest absolute Gasteiger partial charge is 0.221 e. The third-order valence-electron chi connectivity index (χ3n) is 1.81. The lowest BCUT2D eigenvalue weighted by atomic mass is 10.1. The van der Waals surface area contributed by atoms with Crippen molar-refractivity contribution in [2.24, 2.45) is 5.73 Å². The highest BCUT2D eigenvalue weighted by Gasteiger charge is 2.08. The molecule has 14 heavy (non-hydrogen) atoms. The predicted octanol–water partition coefficient (Wildman–Crippen LogP) is 1.29. The van der Waals surface area contributed by atoms with Crippen molar-refractivity contribution in [3.05, 3.63) is 29.6 Å². The standard InChI is InChI=1S/C10H13FN2O/c1-7(14)13-10-8(5-6-12)3-2-4-9(10)11/h2-4H,5-6,12H2,1H3,(H,13,14). The Balaban J connectivity index is 3.02. The SMILES string of the molecule is CC(=O)Nc1c(F)cccc1CCN. The predicted molar refractivity (Wildman–Crippen MR) is 53.5 cm³/mol. The van der Waals surface area contributed by atoms with E-state index in [1.807, 2.05) is 0 Å². The van der Waals surface area contributed by atoms with Crippen molar-refractivity contribution in [2.45, 2.75) is 13.3 Å². The fraction of sp³-hybridized carbons (Fsp3) is 0.300. The summed E-state index contributed by atoms with van der Waals surface area (Å²) < 4.78 is 13.3. The quantitative estimate of drug-likeness (QED) is 0.765. The molecule has 3 N–H and O–H groups in total. The zero-order valence-electron chi connectivity index (χ0n) is 8.01. The van der Waals surface area contributed by atoms with Crippen LogP contribution in [0.3, 0.4) is 0 Å². The second-order valence-electron chi connectivity index (χ2n) is 2.99. The number of benzene rings is 1. The van der Waals surface area contributed by atoms with E-state index in [0.717, 1.165) is 5.56 Å². The number of nitrogens with two attached hydrogens (primary N) is 1. The molecule has 0 radical (unpaired) electrons. The van der Waals surface area contributed by atoms with Gasteiger partial charge in [0.25, 0.3) is 0 Å². The van der Waals surface area contributed by atoms with E-state index in [4.69, 9.17) is 5.73 Å². The summed E-state index contributed by atoms with van der Waals surface area (Å²) in [6, 6.07) is 4.66. The van der Waals surface area contributed by atoms with Gasteiger partial charge in [-0.3, -0.25) is 4.79 Å². The van der Waals surface area contributed by atoms with Crippen LogP contribution >= 0.6 is 0 Å². The Morgan fingerprint density at radius 1 is 1.57 bits per heavy atom. The molecule has 0 bridgehead atoms. The molecule has 0 heterocycles. The zero-order chi connectivity index (χ0) is 10.6. The topological polar surface area (TPSA) is 55.1 Å². The van der Waals surface area contributed by atoms with Gasteiger partial charge in [0.2, 0.25) is 5.91 Å². The van der Waals surface area contributed by atoms with Crippen LogP contribution in [0.15, 0.2) is 18.2 Å². The van der Waals surface area contributed by atoms with E-state index in [0.29, 0.717) is 13.0 Å². The minimum Gasteiger partial charge on any atom is -0.330 e. The minimum atomic E-state index is -0.425. The van der Waals surface area contributed by atoms with Gasteiger partial charge in [-0.25, -0.2) is 4.39 Å². The maximum absolute atomic E-state index is 13.3. The molecule has 0 fully saturated rings. The number of carbonyl (C=O) groups is 1. The van der Waals surface area contributed by atoms with Crippen molar-refractivity contribution in [2.75, 3.05) is 11.9 Å². The Morgan fingerprint density at radius 3 is 2.86 bits per heavy atom. The number of anilines is 1. The third kappa shape index (κ3) is 2.53. The Labute approximate surface area is 82.1 Å². The second-order valence-corrected chi connectivity index (χ2v) is 2.99. The third-order valence-corrected chi connectivity index (χ3v) is 1.81. The summed E-state index contributed by atoms with van der Waals surface area (Å²) in [4.78, 5) is 10.8. The summed E-state index contributed by atoms with van der Waals surface area (Å²) in [6.07, 6.45) is 0.549. The maximum atomic E-state index is 13.3. The number of nitrogens with one attached hydrogen (secondary N) is 1. The number of hydrogen-bond donors (Lipinski definition) is 2. The molecule has 0 aliphatic rings. The van der Waals surface area contributed by atoms with Crippen LogP contribution in [0, 0.1) is 5.82 Å². The van der Waals surface area contributed by atoms with E-state index in [2.05, 4.69) is 5.32 Å². The van der Waals surface area contributed by atoms with Gasteiger partial charge in [-0.05, 0) is 24.6 Å². The normalized spacial score (nSPS) is 9.93. The van der Waals surface area contributed by atoms with Crippen molar-refractivity contribution in [1.29, 1.82) is 0 Å². The Hall–Kier alpha value is -1.42. The van der Waals surface area contributed by atoms with Crippen molar-refractivity contribution in [3.8, 4) is 0 Å². The van der Waals surface area contributed by atoms with Crippen molar-refractivity contribution < 1.29 is 9.18 Å². The van der Waals surface area contributed by atoms with Crippen LogP contribution in [0.1, 0.15) is 12.5 Å². The first-order valence-electron chi connectivity index (χ1n) is 4.40. The highest BCUT2D eigenvalue weighted by Crippen LogP contribution is 2.19. The van der Waals surface area contributed by atoms with Crippen molar-refractivity contribution in [3.63, 3.8) is 0 Å². The summed E-state index contributed by atoms with van der Waals surface area (Å²) in [5.74, 6) is -0.709. The van der Waals surface area contributed by atoms with Gasteiger partial charge in [-0.1, -0.05) is 12.1 Å². The van der Waals surface area contributed by atoms with Crippen LogP contribution in [-0.2, 0) is 11.2 Å². The molecule has 3 nitrogen and oxygen atoms in total. The summed E-state index contributed by atoms with van der Waals surface area (Å²) in [5, 5.41) is 2.46. The first-order valence-corrected chi connectivity index (χ1v) is 4.40. The summed E-state index contributed by atoms with van der Waals surface area (Å²) >= 11 is 0. The molecule has 0 saturated heterocycles. The molecule has 1 aromatic rings. The van der Waals surface area contributed by atoms with E-state index in [1.54, 1.807) is 12.1 Å². The Morgan fingerprint density at radius 2 is 2.29 bits per heavy atom. The molecule has 0 aromatic heterocycles. The van der Waals surface area contributed by atoms with E-state index < -0.39 is 5.82 Å². The molecule has 76 valence electrons. The first-order chi connectivity index (χ1) is 6.65. The lowest BCUT2D eigenvalue weighted by Crippen LogP contribution is -2.12. The molecule has 0 atom stereocenters. The van der Waals surface area contributed by atoms with Crippen LogP contribution in [0.25, 0.3) is 0 Å². The number of halogens is 1. The van der Waals surface area contributed by atoms with E-state index in [-0.39, 0.29) is 11.6 Å². The Bertz CT molecular complexity index is 339. The molecule has 0 saturated carbocycles. The van der Waals surface area contributed by atoms with Gasteiger partial charge in [-0.15, -0.1) is 0 Å². The van der Waals surface area contributed by atoms with E-state index >= 15 is 0 Å². The number of rotatable bonds is 3. The monoisotopic (exact) mass is 196 g/mol. The van der Waals surface area contributed by atoms with E-state index in [9.17, 15) is 9.18 Å². The summed E-state index contributed by atoms with van der Waals surface area (Å²) in [6.45, 7) is 1.77. The van der Waals surface area contributed by atoms with Gasteiger partial charge in [0.05, 0.1) is 5.69 Å².